The molecule has 0 aliphatic carbocycles. The van der Waals surface area contributed by atoms with Crippen molar-refractivity contribution in [1.29, 1.82) is 0 Å². The fraction of sp³-hybridized carbons (Fsp3) is 0.200. The van der Waals surface area contributed by atoms with Gasteiger partial charge in [-0.15, -0.1) is 0 Å². The Kier molecular flexibility index (Phi) is 4.07. The van der Waals surface area contributed by atoms with Crippen molar-refractivity contribution in [3.8, 4) is 0 Å². The number of carbonyl (C=O) groups is 2. The van der Waals surface area contributed by atoms with Crippen LogP contribution in [0.1, 0.15) is 17.2 Å². The Bertz CT molecular complexity index is 816. The van der Waals surface area contributed by atoms with Gasteiger partial charge >= 0.3 is 5.97 Å². The van der Waals surface area contributed by atoms with E-state index in [0.29, 0.717) is 6.61 Å². The van der Waals surface area contributed by atoms with E-state index in [9.17, 15) is 9.59 Å². The molecule has 0 unspecified atom stereocenters. The standard InChI is InChI=1S/C20H17NO4/c22-19-16(20(23)25-12-14-7-3-1-4-8-14)11-18-21(19)17(13-24-18)15-9-5-2-6-10-15/h1-11,17-18H,12-13H2/t17-,18-/m1/s1. The molecule has 2 aliphatic heterocycles. The molecule has 5 heteroatoms. The quantitative estimate of drug-likeness (QED) is 0.637. The minimum Gasteiger partial charge on any atom is -0.457 e. The van der Waals surface area contributed by atoms with Crippen LogP contribution in [0.3, 0.4) is 0 Å². The molecule has 2 aliphatic rings. The van der Waals surface area contributed by atoms with Crippen molar-refractivity contribution < 1.29 is 19.1 Å². The molecule has 0 N–H and O–H groups in total. The van der Waals surface area contributed by atoms with Gasteiger partial charge in [0.25, 0.3) is 5.91 Å². The fourth-order valence-electron chi connectivity index (χ4n) is 3.15. The van der Waals surface area contributed by atoms with Gasteiger partial charge in [0.1, 0.15) is 12.2 Å². The van der Waals surface area contributed by atoms with E-state index in [1.165, 1.54) is 0 Å². The summed E-state index contributed by atoms with van der Waals surface area (Å²) in [7, 11) is 0. The largest absolute Gasteiger partial charge is 0.457 e. The molecule has 2 atom stereocenters. The van der Waals surface area contributed by atoms with Crippen molar-refractivity contribution in [3.05, 3.63) is 83.4 Å². The number of hydrogen-bond acceptors (Lipinski definition) is 4. The first-order valence-corrected chi connectivity index (χ1v) is 8.16. The number of fused-ring (bicyclic) bond motifs is 1. The van der Waals surface area contributed by atoms with Gasteiger partial charge in [-0.05, 0) is 17.2 Å². The van der Waals surface area contributed by atoms with Gasteiger partial charge in [-0.1, -0.05) is 60.7 Å². The topological polar surface area (TPSA) is 55.8 Å². The summed E-state index contributed by atoms with van der Waals surface area (Å²) in [6.07, 6.45) is 1.05. The highest BCUT2D eigenvalue weighted by Gasteiger charge is 2.45. The number of carbonyl (C=O) groups excluding carboxylic acids is 2. The Labute approximate surface area is 145 Å². The van der Waals surface area contributed by atoms with E-state index in [2.05, 4.69) is 0 Å². The first-order chi connectivity index (χ1) is 12.2. The van der Waals surface area contributed by atoms with Gasteiger partial charge in [-0.2, -0.15) is 0 Å². The number of esters is 1. The minimum atomic E-state index is -0.612. The second-order valence-electron chi connectivity index (χ2n) is 6.00. The lowest BCUT2D eigenvalue weighted by molar-refractivity contribution is -0.143. The van der Waals surface area contributed by atoms with Crippen LogP contribution in [0.15, 0.2) is 72.3 Å². The summed E-state index contributed by atoms with van der Waals surface area (Å²) >= 11 is 0. The van der Waals surface area contributed by atoms with Crippen molar-refractivity contribution in [2.75, 3.05) is 6.61 Å². The number of nitrogens with zero attached hydrogens (tertiary/aromatic N) is 1. The second kappa shape index (κ2) is 6.53. The van der Waals surface area contributed by atoms with Crippen LogP contribution in [0.4, 0.5) is 0 Å². The molecule has 0 radical (unpaired) electrons. The molecule has 2 aromatic rings. The van der Waals surface area contributed by atoms with Gasteiger partial charge in [-0.3, -0.25) is 9.69 Å². The maximum atomic E-state index is 12.7. The Balaban J connectivity index is 1.46. The van der Waals surface area contributed by atoms with Crippen LogP contribution in [0.5, 0.6) is 0 Å². The number of rotatable bonds is 4. The normalized spacial score (nSPS) is 21.8. The summed E-state index contributed by atoms with van der Waals surface area (Å²) in [5.74, 6) is -0.951. The third kappa shape index (κ3) is 2.94. The molecule has 25 heavy (non-hydrogen) atoms. The van der Waals surface area contributed by atoms with Crippen molar-refractivity contribution in [2.24, 2.45) is 0 Å². The summed E-state index contributed by atoms with van der Waals surface area (Å²) < 4.78 is 11.0. The van der Waals surface area contributed by atoms with E-state index in [-0.39, 0.29) is 24.1 Å². The lowest BCUT2D eigenvalue weighted by atomic mass is 10.1. The molecule has 0 saturated carbocycles. The maximum absolute atomic E-state index is 12.7. The number of ether oxygens (including phenoxy) is 2. The average Bonchev–Trinajstić information content (AvgIpc) is 3.22. The van der Waals surface area contributed by atoms with Crippen LogP contribution < -0.4 is 0 Å². The van der Waals surface area contributed by atoms with E-state index in [0.717, 1.165) is 11.1 Å². The van der Waals surface area contributed by atoms with Gasteiger partial charge < -0.3 is 9.47 Å². The maximum Gasteiger partial charge on any atom is 0.343 e. The predicted octanol–water partition coefficient (Wildman–Crippen LogP) is 2.60. The minimum absolute atomic E-state index is 0.0431. The number of benzene rings is 2. The number of hydrogen-bond donors (Lipinski definition) is 0. The van der Waals surface area contributed by atoms with Gasteiger partial charge in [0.2, 0.25) is 0 Å². The molecule has 0 spiro atoms. The Morgan fingerprint density at radius 1 is 1.08 bits per heavy atom. The monoisotopic (exact) mass is 335 g/mol. The molecule has 0 bridgehead atoms. The first-order valence-electron chi connectivity index (χ1n) is 8.16. The zero-order valence-corrected chi connectivity index (χ0v) is 13.5. The predicted molar refractivity (Wildman–Crippen MR) is 90.1 cm³/mol. The summed E-state index contributed by atoms with van der Waals surface area (Å²) in [6.45, 7) is 0.557. The Morgan fingerprint density at radius 2 is 1.76 bits per heavy atom. The van der Waals surface area contributed by atoms with Crippen LogP contribution in [0.2, 0.25) is 0 Å². The molecular weight excluding hydrogens is 318 g/mol. The highest BCUT2D eigenvalue weighted by atomic mass is 16.5. The summed E-state index contributed by atoms with van der Waals surface area (Å²) in [4.78, 5) is 26.6. The molecular formula is C20H17NO4. The molecule has 2 heterocycles. The van der Waals surface area contributed by atoms with E-state index in [4.69, 9.17) is 9.47 Å². The first kappa shape index (κ1) is 15.6. The zero-order chi connectivity index (χ0) is 17.2. The lowest BCUT2D eigenvalue weighted by Gasteiger charge is -2.22. The van der Waals surface area contributed by atoms with Crippen LogP contribution in [0, 0.1) is 0 Å². The van der Waals surface area contributed by atoms with E-state index in [1.807, 2.05) is 60.7 Å². The number of amides is 1. The summed E-state index contributed by atoms with van der Waals surface area (Å²) in [6, 6.07) is 18.9. The van der Waals surface area contributed by atoms with Crippen molar-refractivity contribution in [3.63, 3.8) is 0 Å². The van der Waals surface area contributed by atoms with Crippen LogP contribution in [0.25, 0.3) is 0 Å². The van der Waals surface area contributed by atoms with Gasteiger partial charge in [0.15, 0.2) is 6.23 Å². The average molecular weight is 335 g/mol. The molecule has 2 aromatic carbocycles. The summed E-state index contributed by atoms with van der Waals surface area (Å²) in [5, 5.41) is 0. The highest BCUT2D eigenvalue weighted by molar-refractivity contribution is 6.18. The second-order valence-corrected chi connectivity index (χ2v) is 6.00. The third-order valence-corrected chi connectivity index (χ3v) is 4.43. The smallest absolute Gasteiger partial charge is 0.343 e. The van der Waals surface area contributed by atoms with Crippen molar-refractivity contribution in [2.45, 2.75) is 18.9 Å². The molecule has 4 rings (SSSR count). The van der Waals surface area contributed by atoms with Crippen molar-refractivity contribution in [1.82, 2.24) is 4.90 Å². The van der Waals surface area contributed by atoms with Crippen LogP contribution in [-0.2, 0) is 25.7 Å². The molecule has 1 saturated heterocycles. The van der Waals surface area contributed by atoms with E-state index in [1.54, 1.807) is 11.0 Å². The third-order valence-electron chi connectivity index (χ3n) is 4.43. The van der Waals surface area contributed by atoms with Gasteiger partial charge in [-0.25, -0.2) is 4.79 Å². The lowest BCUT2D eigenvalue weighted by Crippen LogP contribution is -2.33. The van der Waals surface area contributed by atoms with Crippen LogP contribution >= 0.6 is 0 Å². The Morgan fingerprint density at radius 3 is 2.48 bits per heavy atom. The molecule has 1 amide bonds. The Hall–Kier alpha value is -2.92. The molecule has 0 aromatic heterocycles. The van der Waals surface area contributed by atoms with E-state index < -0.39 is 12.2 Å². The van der Waals surface area contributed by atoms with Crippen molar-refractivity contribution >= 4 is 11.9 Å². The molecule has 5 nitrogen and oxygen atoms in total. The molecule has 1 fully saturated rings. The SMILES string of the molecule is O=C(OCc1ccccc1)C1=C[C@H]2OC[C@H](c3ccccc3)N2C1=O. The summed E-state index contributed by atoms with van der Waals surface area (Å²) in [5.41, 5.74) is 1.91. The zero-order valence-electron chi connectivity index (χ0n) is 13.5. The van der Waals surface area contributed by atoms with Gasteiger partial charge in [0.05, 0.1) is 12.6 Å². The van der Waals surface area contributed by atoms with Gasteiger partial charge in [0, 0.05) is 0 Å². The fourth-order valence-corrected chi connectivity index (χ4v) is 3.15. The van der Waals surface area contributed by atoms with E-state index >= 15 is 0 Å². The van der Waals surface area contributed by atoms with Crippen LogP contribution in [-0.4, -0.2) is 29.6 Å². The molecule has 126 valence electrons. The highest BCUT2D eigenvalue weighted by Crippen LogP contribution is 2.36.